The number of aryl methyl sites for hydroxylation is 1. The molecular weight excluding hydrogens is 307 g/mol. The first-order valence-corrected chi connectivity index (χ1v) is 7.27. The Morgan fingerprint density at radius 1 is 1.14 bits per heavy atom. The minimum Gasteiger partial charge on any atom is -0.396 e. The van der Waals surface area contributed by atoms with Crippen molar-refractivity contribution in [2.45, 2.75) is 24.3 Å². The van der Waals surface area contributed by atoms with Crippen LogP contribution in [0.3, 0.4) is 0 Å². The van der Waals surface area contributed by atoms with Gasteiger partial charge in [0, 0.05) is 0 Å². The van der Waals surface area contributed by atoms with E-state index < -0.39 is 20.2 Å². The first-order chi connectivity index (χ1) is 9.55. The highest BCUT2D eigenvalue weighted by Gasteiger charge is 2.46. The molecule has 0 aliphatic heterocycles. The third-order valence-electron chi connectivity index (χ3n) is 3.04. The zero-order valence-corrected chi connectivity index (χ0v) is 12.0. The molecule has 0 atom stereocenters. The van der Waals surface area contributed by atoms with Gasteiger partial charge in [-0.05, 0) is 38.1 Å². The molecule has 1 heterocycles. The van der Waals surface area contributed by atoms with E-state index in [-0.39, 0.29) is 0 Å². The second kappa shape index (κ2) is 4.76. The maximum Gasteiger partial charge on any atom is 0.501 e. The number of nitrogen functional groups attached to an aromatic ring is 1. The third-order valence-corrected chi connectivity index (χ3v) is 4.55. The molecule has 0 radical (unpaired) electrons. The van der Waals surface area contributed by atoms with Gasteiger partial charge in [0.2, 0.25) is 0 Å². The number of benzene rings is 1. The molecule has 114 valence electrons. The Balaban J connectivity index is 2.47. The summed E-state index contributed by atoms with van der Waals surface area (Å²) in [6.45, 7) is 3.40. The molecule has 0 unspecified atom stereocenters. The van der Waals surface area contributed by atoms with Gasteiger partial charge in [0.05, 0.1) is 27.7 Å². The zero-order chi connectivity index (χ0) is 16.0. The molecule has 2 rings (SSSR count). The Bertz CT molecular complexity index is 777. The topological polar surface area (TPSA) is 78.0 Å². The Labute approximate surface area is 119 Å². The summed E-state index contributed by atoms with van der Waals surface area (Å²) < 4.78 is 61.3. The molecule has 1 aromatic carbocycles. The first kappa shape index (κ1) is 15.4. The van der Waals surface area contributed by atoms with E-state index in [4.69, 9.17) is 5.73 Å². The van der Waals surface area contributed by atoms with E-state index in [0.717, 1.165) is 12.1 Å². The van der Waals surface area contributed by atoms with Gasteiger partial charge in [-0.2, -0.15) is 18.3 Å². The van der Waals surface area contributed by atoms with Crippen LogP contribution in [0.25, 0.3) is 5.69 Å². The molecule has 2 N–H and O–H groups in total. The molecule has 0 aliphatic carbocycles. The van der Waals surface area contributed by atoms with E-state index >= 15 is 0 Å². The van der Waals surface area contributed by atoms with Crippen LogP contribution in [-0.2, 0) is 9.84 Å². The number of sulfone groups is 1. The monoisotopic (exact) mass is 319 g/mol. The SMILES string of the molecule is Cc1nn(-c2ccc(S(=O)(=O)C(F)(F)F)cc2)c(C)c1N. The summed E-state index contributed by atoms with van der Waals surface area (Å²) in [6.07, 6.45) is 0. The fraction of sp³-hybridized carbons (Fsp3) is 0.250. The molecule has 0 saturated carbocycles. The smallest absolute Gasteiger partial charge is 0.396 e. The molecule has 2 aromatic rings. The molecule has 1 aromatic heterocycles. The molecule has 0 bridgehead atoms. The lowest BCUT2D eigenvalue weighted by Crippen LogP contribution is -2.23. The van der Waals surface area contributed by atoms with Crippen molar-refractivity contribution in [2.75, 3.05) is 5.73 Å². The normalized spacial score (nSPS) is 12.6. The minimum atomic E-state index is -5.34. The van der Waals surface area contributed by atoms with Crippen molar-refractivity contribution < 1.29 is 21.6 Å². The Morgan fingerprint density at radius 2 is 1.67 bits per heavy atom. The van der Waals surface area contributed by atoms with Crippen LogP contribution in [-0.4, -0.2) is 23.7 Å². The predicted octanol–water partition coefficient (Wildman–Crippen LogP) is 2.36. The molecule has 5 nitrogen and oxygen atoms in total. The molecule has 0 aliphatic rings. The van der Waals surface area contributed by atoms with Crippen LogP contribution in [0.4, 0.5) is 18.9 Å². The van der Waals surface area contributed by atoms with Gasteiger partial charge in [-0.1, -0.05) is 0 Å². The molecular formula is C12H12F3N3O2S. The van der Waals surface area contributed by atoms with Crippen molar-refractivity contribution in [3.8, 4) is 5.69 Å². The van der Waals surface area contributed by atoms with Gasteiger partial charge < -0.3 is 5.73 Å². The number of hydrogen-bond donors (Lipinski definition) is 1. The summed E-state index contributed by atoms with van der Waals surface area (Å²) in [4.78, 5) is -0.812. The number of rotatable bonds is 2. The van der Waals surface area contributed by atoms with Crippen LogP contribution in [0.1, 0.15) is 11.4 Å². The van der Waals surface area contributed by atoms with Gasteiger partial charge in [0.25, 0.3) is 9.84 Å². The van der Waals surface area contributed by atoms with Gasteiger partial charge in [-0.15, -0.1) is 0 Å². The van der Waals surface area contributed by atoms with E-state index in [0.29, 0.717) is 22.8 Å². The van der Waals surface area contributed by atoms with E-state index in [1.165, 1.54) is 16.8 Å². The van der Waals surface area contributed by atoms with Gasteiger partial charge in [0.1, 0.15) is 0 Å². The molecule has 21 heavy (non-hydrogen) atoms. The number of aromatic nitrogens is 2. The highest BCUT2D eigenvalue weighted by atomic mass is 32.2. The largest absolute Gasteiger partial charge is 0.501 e. The maximum atomic E-state index is 12.4. The van der Waals surface area contributed by atoms with E-state index in [1.807, 2.05) is 0 Å². The van der Waals surface area contributed by atoms with E-state index in [1.54, 1.807) is 13.8 Å². The number of hydrogen-bond acceptors (Lipinski definition) is 4. The Hall–Kier alpha value is -2.03. The summed E-state index contributed by atoms with van der Waals surface area (Å²) in [5, 5.41) is 4.14. The quantitative estimate of drug-likeness (QED) is 0.922. The summed E-state index contributed by atoms with van der Waals surface area (Å²) in [5.41, 5.74) is 2.55. The predicted molar refractivity (Wildman–Crippen MR) is 70.7 cm³/mol. The van der Waals surface area contributed by atoms with E-state index in [2.05, 4.69) is 5.10 Å². The second-order valence-corrected chi connectivity index (χ2v) is 6.38. The van der Waals surface area contributed by atoms with Crippen LogP contribution in [0, 0.1) is 13.8 Å². The minimum absolute atomic E-state index is 0.424. The van der Waals surface area contributed by atoms with Crippen molar-refractivity contribution in [1.82, 2.24) is 9.78 Å². The Morgan fingerprint density at radius 3 is 2.05 bits per heavy atom. The molecule has 9 heteroatoms. The second-order valence-electron chi connectivity index (χ2n) is 4.44. The molecule has 0 spiro atoms. The van der Waals surface area contributed by atoms with E-state index in [9.17, 15) is 21.6 Å². The van der Waals surface area contributed by atoms with Crippen molar-refractivity contribution in [3.05, 3.63) is 35.7 Å². The first-order valence-electron chi connectivity index (χ1n) is 5.79. The number of anilines is 1. The number of alkyl halides is 3. The zero-order valence-electron chi connectivity index (χ0n) is 11.1. The summed E-state index contributed by atoms with van der Waals surface area (Å²) in [5.74, 6) is 0. The average Bonchev–Trinajstić information content (AvgIpc) is 2.65. The molecule has 0 amide bonds. The molecule has 0 saturated heterocycles. The lowest BCUT2D eigenvalue weighted by Gasteiger charge is -2.09. The number of nitrogens with zero attached hydrogens (tertiary/aromatic N) is 2. The summed E-state index contributed by atoms with van der Waals surface area (Å²) >= 11 is 0. The fourth-order valence-electron chi connectivity index (χ4n) is 1.81. The van der Waals surface area contributed by atoms with Crippen molar-refractivity contribution in [3.63, 3.8) is 0 Å². The molecule has 0 fully saturated rings. The van der Waals surface area contributed by atoms with Crippen molar-refractivity contribution >= 4 is 15.5 Å². The Kier molecular flexibility index (Phi) is 3.48. The van der Waals surface area contributed by atoms with Gasteiger partial charge in [-0.3, -0.25) is 0 Å². The van der Waals surface area contributed by atoms with Crippen LogP contribution in [0.15, 0.2) is 29.2 Å². The van der Waals surface area contributed by atoms with Crippen molar-refractivity contribution in [2.24, 2.45) is 0 Å². The van der Waals surface area contributed by atoms with Gasteiger partial charge >= 0.3 is 5.51 Å². The standard InChI is InChI=1S/C12H12F3N3O2S/c1-7-11(16)8(2)18(17-7)9-3-5-10(6-4-9)21(19,20)12(13,14)15/h3-6H,16H2,1-2H3. The van der Waals surface area contributed by atoms with Crippen LogP contribution in [0.2, 0.25) is 0 Å². The number of nitrogens with two attached hydrogens (primary N) is 1. The highest BCUT2D eigenvalue weighted by Crippen LogP contribution is 2.30. The van der Waals surface area contributed by atoms with Crippen LogP contribution < -0.4 is 5.73 Å². The lowest BCUT2D eigenvalue weighted by molar-refractivity contribution is -0.0436. The number of halogens is 3. The van der Waals surface area contributed by atoms with Gasteiger partial charge in [0.15, 0.2) is 0 Å². The third kappa shape index (κ3) is 2.48. The average molecular weight is 319 g/mol. The maximum absolute atomic E-state index is 12.4. The van der Waals surface area contributed by atoms with Crippen LogP contribution in [0.5, 0.6) is 0 Å². The van der Waals surface area contributed by atoms with Crippen LogP contribution >= 0.6 is 0 Å². The fourth-order valence-corrected chi connectivity index (χ4v) is 2.57. The summed E-state index contributed by atoms with van der Waals surface area (Å²) in [6, 6.07) is 4.28. The highest BCUT2D eigenvalue weighted by molar-refractivity contribution is 7.92. The van der Waals surface area contributed by atoms with Gasteiger partial charge in [-0.25, -0.2) is 13.1 Å². The summed E-state index contributed by atoms with van der Waals surface area (Å²) in [7, 11) is -5.34. The van der Waals surface area contributed by atoms with Crippen molar-refractivity contribution in [1.29, 1.82) is 0 Å². The lowest BCUT2D eigenvalue weighted by atomic mass is 10.3.